The number of piperidine rings is 2. The van der Waals surface area contributed by atoms with Crippen LogP contribution in [0, 0.1) is 11.8 Å². The van der Waals surface area contributed by atoms with Crippen molar-refractivity contribution in [2.45, 2.75) is 37.5 Å². The molecule has 2 heterocycles. The van der Waals surface area contributed by atoms with Crippen LogP contribution in [0.5, 0.6) is 5.75 Å². The summed E-state index contributed by atoms with van der Waals surface area (Å²) in [6.07, 6.45) is 3.29. The molecule has 1 aromatic carbocycles. The molecule has 8 heteroatoms. The van der Waals surface area contributed by atoms with E-state index in [1.54, 1.807) is 25.3 Å². The number of hydrogen-bond donors (Lipinski definition) is 0. The Morgan fingerprint density at radius 2 is 1.74 bits per heavy atom. The number of benzene rings is 1. The van der Waals surface area contributed by atoms with Crippen LogP contribution in [0.1, 0.15) is 32.6 Å². The molecule has 150 valence electrons. The van der Waals surface area contributed by atoms with Crippen molar-refractivity contribution in [3.8, 4) is 5.75 Å². The van der Waals surface area contributed by atoms with Crippen LogP contribution in [0.4, 0.5) is 0 Å². The van der Waals surface area contributed by atoms with Crippen LogP contribution in [0.25, 0.3) is 0 Å². The maximum absolute atomic E-state index is 12.9. The van der Waals surface area contributed by atoms with Crippen LogP contribution < -0.4 is 4.74 Å². The van der Waals surface area contributed by atoms with Gasteiger partial charge in [0.1, 0.15) is 5.75 Å². The molecule has 27 heavy (non-hydrogen) atoms. The maximum Gasteiger partial charge on any atom is 0.243 e. The van der Waals surface area contributed by atoms with Crippen LogP contribution in [0.2, 0.25) is 0 Å². The summed E-state index contributed by atoms with van der Waals surface area (Å²) in [5.41, 5.74) is 0. The van der Waals surface area contributed by atoms with Crippen LogP contribution in [-0.2, 0) is 14.8 Å². The lowest BCUT2D eigenvalue weighted by Crippen LogP contribution is -2.46. The van der Waals surface area contributed by atoms with Crippen LogP contribution in [0.15, 0.2) is 27.6 Å². The van der Waals surface area contributed by atoms with Crippen molar-refractivity contribution in [1.82, 2.24) is 9.21 Å². The highest BCUT2D eigenvalue weighted by Gasteiger charge is 2.34. The van der Waals surface area contributed by atoms with Gasteiger partial charge in [0.25, 0.3) is 0 Å². The van der Waals surface area contributed by atoms with Crippen LogP contribution >= 0.6 is 15.9 Å². The maximum atomic E-state index is 12.9. The molecule has 0 bridgehead atoms. The molecule has 0 radical (unpaired) electrons. The first-order valence-corrected chi connectivity index (χ1v) is 11.7. The van der Waals surface area contributed by atoms with Gasteiger partial charge in [-0.05, 0) is 65.7 Å². The number of rotatable bonds is 4. The van der Waals surface area contributed by atoms with E-state index in [9.17, 15) is 13.2 Å². The van der Waals surface area contributed by atoms with E-state index < -0.39 is 10.0 Å². The van der Waals surface area contributed by atoms with Crippen LogP contribution in [0.3, 0.4) is 0 Å². The van der Waals surface area contributed by atoms with Crippen molar-refractivity contribution in [2.75, 3.05) is 33.3 Å². The molecule has 0 aromatic heterocycles. The van der Waals surface area contributed by atoms with Gasteiger partial charge in [-0.25, -0.2) is 8.42 Å². The Hall–Kier alpha value is -1.12. The molecule has 1 aromatic rings. The predicted octanol–water partition coefficient (Wildman–Crippen LogP) is 3.12. The molecule has 0 unspecified atom stereocenters. The van der Waals surface area contributed by atoms with Crippen LogP contribution in [-0.4, -0.2) is 56.8 Å². The Morgan fingerprint density at radius 1 is 1.11 bits per heavy atom. The number of amides is 1. The van der Waals surface area contributed by atoms with Crippen molar-refractivity contribution >= 4 is 31.9 Å². The lowest BCUT2D eigenvalue weighted by molar-refractivity contribution is -0.138. The highest BCUT2D eigenvalue weighted by atomic mass is 79.9. The first-order chi connectivity index (χ1) is 12.8. The van der Waals surface area contributed by atoms with E-state index >= 15 is 0 Å². The summed E-state index contributed by atoms with van der Waals surface area (Å²) in [6.45, 7) is 4.65. The molecule has 6 nitrogen and oxygen atoms in total. The Morgan fingerprint density at radius 3 is 2.30 bits per heavy atom. The summed E-state index contributed by atoms with van der Waals surface area (Å²) in [5, 5.41) is 0. The minimum atomic E-state index is -3.57. The summed E-state index contributed by atoms with van der Waals surface area (Å²) in [5.74, 6) is 1.41. The molecular formula is C19H27BrN2O4S. The van der Waals surface area contributed by atoms with E-state index in [0.717, 1.165) is 25.9 Å². The number of nitrogens with zero attached hydrogens (tertiary/aromatic N) is 2. The lowest BCUT2D eigenvalue weighted by Gasteiger charge is -2.36. The third-order valence-electron chi connectivity index (χ3n) is 5.66. The van der Waals surface area contributed by atoms with Crippen molar-refractivity contribution in [3.63, 3.8) is 0 Å². The second-order valence-corrected chi connectivity index (χ2v) is 10.3. The SMILES string of the molecule is COc1ccc(S(=O)(=O)N2CCC(C(=O)N3CCC(C)CC3)CC2)cc1Br. The highest BCUT2D eigenvalue weighted by Crippen LogP contribution is 2.31. The van der Waals surface area contributed by atoms with Gasteiger partial charge in [0, 0.05) is 32.1 Å². The molecule has 0 saturated carbocycles. The number of halogens is 1. The second kappa shape index (κ2) is 8.49. The Balaban J connectivity index is 1.62. The Kier molecular flexibility index (Phi) is 6.48. The summed E-state index contributed by atoms with van der Waals surface area (Å²) >= 11 is 3.34. The van der Waals surface area contributed by atoms with E-state index in [1.165, 1.54) is 4.31 Å². The molecule has 0 atom stereocenters. The molecule has 3 rings (SSSR count). The quantitative estimate of drug-likeness (QED) is 0.694. The Bertz CT molecular complexity index is 783. The zero-order chi connectivity index (χ0) is 19.6. The number of carbonyl (C=O) groups is 1. The molecule has 0 aliphatic carbocycles. The van der Waals surface area contributed by atoms with E-state index in [4.69, 9.17) is 4.74 Å². The van der Waals surface area contributed by atoms with Gasteiger partial charge in [0.05, 0.1) is 16.5 Å². The lowest BCUT2D eigenvalue weighted by atomic mass is 9.93. The number of hydrogen-bond acceptors (Lipinski definition) is 4. The minimum absolute atomic E-state index is 0.0625. The van der Waals surface area contributed by atoms with Gasteiger partial charge in [0.15, 0.2) is 0 Å². The molecule has 2 aliphatic heterocycles. The summed E-state index contributed by atoms with van der Waals surface area (Å²) in [4.78, 5) is 14.9. The smallest absolute Gasteiger partial charge is 0.243 e. The normalized spacial score (nSPS) is 20.6. The first kappa shape index (κ1) is 20.6. The van der Waals surface area contributed by atoms with Crippen molar-refractivity contribution in [3.05, 3.63) is 22.7 Å². The third-order valence-corrected chi connectivity index (χ3v) is 8.17. The van der Waals surface area contributed by atoms with E-state index in [-0.39, 0.29) is 16.7 Å². The van der Waals surface area contributed by atoms with Gasteiger partial charge >= 0.3 is 0 Å². The fourth-order valence-corrected chi connectivity index (χ4v) is 5.98. The molecule has 2 fully saturated rings. The highest BCUT2D eigenvalue weighted by molar-refractivity contribution is 9.10. The third kappa shape index (κ3) is 4.49. The van der Waals surface area contributed by atoms with Crippen molar-refractivity contribution in [2.24, 2.45) is 11.8 Å². The summed E-state index contributed by atoms with van der Waals surface area (Å²) < 4.78 is 33.1. The number of sulfonamides is 1. The molecule has 2 saturated heterocycles. The number of ether oxygens (including phenoxy) is 1. The number of methoxy groups -OCH3 is 1. The fourth-order valence-electron chi connectivity index (χ4n) is 3.79. The van der Waals surface area contributed by atoms with E-state index in [0.29, 0.717) is 42.1 Å². The average Bonchev–Trinajstić information content (AvgIpc) is 2.68. The monoisotopic (exact) mass is 458 g/mol. The van der Waals surface area contributed by atoms with Gasteiger partial charge in [0.2, 0.25) is 15.9 Å². The second-order valence-electron chi connectivity index (χ2n) is 7.48. The molecule has 1 amide bonds. The molecular weight excluding hydrogens is 432 g/mol. The predicted molar refractivity (Wildman–Crippen MR) is 107 cm³/mol. The topological polar surface area (TPSA) is 66.9 Å². The van der Waals surface area contributed by atoms with Gasteiger partial charge in [-0.1, -0.05) is 6.92 Å². The minimum Gasteiger partial charge on any atom is -0.496 e. The zero-order valence-corrected chi connectivity index (χ0v) is 18.3. The summed E-state index contributed by atoms with van der Waals surface area (Å²) in [6, 6.07) is 4.77. The number of likely N-dealkylation sites (tertiary alicyclic amines) is 1. The van der Waals surface area contributed by atoms with E-state index in [2.05, 4.69) is 22.9 Å². The van der Waals surface area contributed by atoms with Crippen molar-refractivity contribution in [1.29, 1.82) is 0 Å². The fraction of sp³-hybridized carbons (Fsp3) is 0.632. The zero-order valence-electron chi connectivity index (χ0n) is 15.9. The standard InChI is InChI=1S/C19H27BrN2O4S/c1-14-5-9-21(10-6-14)19(23)15-7-11-22(12-8-15)27(24,25)16-3-4-18(26-2)17(20)13-16/h3-4,13-15H,5-12H2,1-2H3. The molecule has 0 spiro atoms. The van der Waals surface area contributed by atoms with Gasteiger partial charge < -0.3 is 9.64 Å². The molecule has 0 N–H and O–H groups in total. The first-order valence-electron chi connectivity index (χ1n) is 9.45. The Labute approximate surface area is 170 Å². The van der Waals surface area contributed by atoms with E-state index in [1.807, 2.05) is 4.90 Å². The van der Waals surface area contributed by atoms with Crippen molar-refractivity contribution < 1.29 is 17.9 Å². The molecule has 2 aliphatic rings. The van der Waals surface area contributed by atoms with Gasteiger partial charge in [-0.3, -0.25) is 4.79 Å². The average molecular weight is 459 g/mol. The van der Waals surface area contributed by atoms with Gasteiger partial charge in [-0.15, -0.1) is 0 Å². The number of carbonyl (C=O) groups excluding carboxylic acids is 1. The largest absolute Gasteiger partial charge is 0.496 e. The van der Waals surface area contributed by atoms with Gasteiger partial charge in [-0.2, -0.15) is 4.31 Å². The summed E-state index contributed by atoms with van der Waals surface area (Å²) in [7, 11) is -2.03.